The van der Waals surface area contributed by atoms with Gasteiger partial charge in [-0.3, -0.25) is 9.79 Å². The molecule has 0 aromatic heterocycles. The second kappa shape index (κ2) is 11.7. The number of benzene rings is 2. The van der Waals surface area contributed by atoms with Crippen molar-refractivity contribution in [3.8, 4) is 0 Å². The maximum Gasteiger partial charge on any atom is 0.253 e. The third-order valence-electron chi connectivity index (χ3n) is 4.44. The predicted octanol–water partition coefficient (Wildman–Crippen LogP) is 4.04. The highest BCUT2D eigenvalue weighted by molar-refractivity contribution is 6.35. The fraction of sp³-hybridized carbons (Fsp3) is 0.364. The first-order valence-corrected chi connectivity index (χ1v) is 10.4. The summed E-state index contributed by atoms with van der Waals surface area (Å²) in [6.07, 6.45) is 2.60. The number of halogens is 2. The Kier molecular flexibility index (Phi) is 9.29. The number of guanidine groups is 1. The molecule has 0 aliphatic carbocycles. The summed E-state index contributed by atoms with van der Waals surface area (Å²) in [6, 6.07) is 13.3. The Bertz CT molecular complexity index is 852. The Morgan fingerprint density at radius 1 is 1.03 bits per heavy atom. The maximum absolute atomic E-state index is 12.1. The van der Waals surface area contributed by atoms with Gasteiger partial charge in [0.1, 0.15) is 0 Å². The van der Waals surface area contributed by atoms with Crippen LogP contribution in [0.5, 0.6) is 0 Å². The summed E-state index contributed by atoms with van der Waals surface area (Å²) in [5.41, 5.74) is 2.90. The average molecular weight is 435 g/mol. The molecule has 2 aromatic rings. The largest absolute Gasteiger partial charge is 0.356 e. The van der Waals surface area contributed by atoms with Crippen LogP contribution < -0.4 is 10.6 Å². The lowest BCUT2D eigenvalue weighted by Gasteiger charge is -2.13. The first-order valence-electron chi connectivity index (χ1n) is 9.59. The van der Waals surface area contributed by atoms with E-state index in [-0.39, 0.29) is 5.91 Å². The third-order valence-corrected chi connectivity index (χ3v) is 5.03. The zero-order chi connectivity index (χ0) is 21.2. The number of nitrogens with zero attached hydrogens (tertiary/aromatic N) is 2. The van der Waals surface area contributed by atoms with Crippen LogP contribution in [-0.4, -0.2) is 51.0 Å². The highest BCUT2D eigenvalue weighted by Crippen LogP contribution is 2.21. The molecule has 0 bridgehead atoms. The summed E-state index contributed by atoms with van der Waals surface area (Å²) in [5, 5.41) is 7.97. The van der Waals surface area contributed by atoms with E-state index < -0.39 is 0 Å². The number of rotatable bonds is 8. The monoisotopic (exact) mass is 434 g/mol. The smallest absolute Gasteiger partial charge is 0.253 e. The quantitative estimate of drug-likeness (QED) is 0.374. The zero-order valence-electron chi connectivity index (χ0n) is 17.1. The molecule has 0 saturated carbocycles. The number of carbonyl (C=O) groups excluding carboxylic acids is 1. The van der Waals surface area contributed by atoms with Crippen molar-refractivity contribution < 1.29 is 4.79 Å². The highest BCUT2D eigenvalue weighted by atomic mass is 35.5. The molecule has 0 atom stereocenters. The maximum atomic E-state index is 12.1. The molecule has 29 heavy (non-hydrogen) atoms. The van der Waals surface area contributed by atoms with E-state index in [1.165, 1.54) is 0 Å². The molecule has 2 N–H and O–H groups in total. The second-order valence-corrected chi connectivity index (χ2v) is 7.76. The van der Waals surface area contributed by atoms with Crippen molar-refractivity contribution in [3.05, 3.63) is 69.2 Å². The molecule has 0 saturated heterocycles. The number of hydrogen-bond acceptors (Lipinski definition) is 2. The van der Waals surface area contributed by atoms with Gasteiger partial charge in [0.05, 0.1) is 0 Å². The SMILES string of the molecule is CN=C(NCCCc1ccc(Cl)cc1Cl)NCCc1cccc(C(=O)N(C)C)c1. The fourth-order valence-corrected chi connectivity index (χ4v) is 3.38. The van der Waals surface area contributed by atoms with E-state index in [4.69, 9.17) is 23.2 Å². The van der Waals surface area contributed by atoms with E-state index in [9.17, 15) is 4.79 Å². The first-order chi connectivity index (χ1) is 13.9. The van der Waals surface area contributed by atoms with Crippen LogP contribution in [0, 0.1) is 0 Å². The van der Waals surface area contributed by atoms with Gasteiger partial charge in [-0.2, -0.15) is 0 Å². The summed E-state index contributed by atoms with van der Waals surface area (Å²) >= 11 is 12.1. The zero-order valence-corrected chi connectivity index (χ0v) is 18.6. The van der Waals surface area contributed by atoms with Crippen molar-refractivity contribution >= 4 is 35.1 Å². The Hall–Kier alpha value is -2.24. The van der Waals surface area contributed by atoms with Crippen LogP contribution >= 0.6 is 23.2 Å². The molecule has 0 aliphatic heterocycles. The average Bonchev–Trinajstić information content (AvgIpc) is 2.70. The normalized spacial score (nSPS) is 11.3. The first kappa shape index (κ1) is 23.0. The lowest BCUT2D eigenvalue weighted by molar-refractivity contribution is 0.0827. The number of aliphatic imine (C=N–C) groups is 1. The molecule has 0 spiro atoms. The fourth-order valence-electron chi connectivity index (χ4n) is 2.87. The van der Waals surface area contributed by atoms with Crippen molar-refractivity contribution in [1.82, 2.24) is 15.5 Å². The van der Waals surface area contributed by atoms with Crippen LogP contribution in [0.1, 0.15) is 27.9 Å². The number of hydrogen-bond donors (Lipinski definition) is 2. The summed E-state index contributed by atoms with van der Waals surface area (Å²) in [6.45, 7) is 1.51. The van der Waals surface area contributed by atoms with Crippen LogP contribution in [0.25, 0.3) is 0 Å². The summed E-state index contributed by atoms with van der Waals surface area (Å²) in [7, 11) is 5.27. The molecule has 1 amide bonds. The van der Waals surface area contributed by atoms with Crippen LogP contribution in [0.3, 0.4) is 0 Å². The minimum Gasteiger partial charge on any atom is -0.356 e. The second-order valence-electron chi connectivity index (χ2n) is 6.92. The molecular formula is C22H28Cl2N4O. The Morgan fingerprint density at radius 3 is 2.48 bits per heavy atom. The van der Waals surface area contributed by atoms with Crippen LogP contribution in [0.2, 0.25) is 10.0 Å². The van der Waals surface area contributed by atoms with Crippen LogP contribution in [-0.2, 0) is 12.8 Å². The van der Waals surface area contributed by atoms with E-state index in [0.29, 0.717) is 15.6 Å². The molecule has 7 heteroatoms. The summed E-state index contributed by atoms with van der Waals surface area (Å²) in [5.74, 6) is 0.769. The Morgan fingerprint density at radius 2 is 1.79 bits per heavy atom. The van der Waals surface area contributed by atoms with Gasteiger partial charge in [0.25, 0.3) is 5.91 Å². The molecule has 2 rings (SSSR count). The van der Waals surface area contributed by atoms with Crippen molar-refractivity contribution in [2.45, 2.75) is 19.3 Å². The molecule has 5 nitrogen and oxygen atoms in total. The van der Waals surface area contributed by atoms with Crippen molar-refractivity contribution in [2.75, 3.05) is 34.2 Å². The molecular weight excluding hydrogens is 407 g/mol. The minimum absolute atomic E-state index is 0.0121. The van der Waals surface area contributed by atoms with E-state index in [1.54, 1.807) is 32.1 Å². The van der Waals surface area contributed by atoms with E-state index in [0.717, 1.165) is 49.4 Å². The molecule has 0 aliphatic rings. The van der Waals surface area contributed by atoms with Gasteiger partial charge < -0.3 is 15.5 Å². The van der Waals surface area contributed by atoms with Gasteiger partial charge in [-0.05, 0) is 54.7 Å². The third kappa shape index (κ3) is 7.59. The molecule has 0 unspecified atom stereocenters. The molecule has 0 radical (unpaired) electrons. The lowest BCUT2D eigenvalue weighted by Crippen LogP contribution is -2.38. The van der Waals surface area contributed by atoms with Gasteiger partial charge in [0, 0.05) is 49.8 Å². The van der Waals surface area contributed by atoms with Gasteiger partial charge in [-0.25, -0.2) is 0 Å². The topological polar surface area (TPSA) is 56.7 Å². The Labute approximate surface area is 183 Å². The molecule has 0 fully saturated rings. The van der Waals surface area contributed by atoms with Crippen molar-refractivity contribution in [3.63, 3.8) is 0 Å². The van der Waals surface area contributed by atoms with E-state index in [2.05, 4.69) is 15.6 Å². The number of carbonyl (C=O) groups is 1. The van der Waals surface area contributed by atoms with Gasteiger partial charge >= 0.3 is 0 Å². The molecule has 2 aromatic carbocycles. The highest BCUT2D eigenvalue weighted by Gasteiger charge is 2.08. The molecule has 0 heterocycles. The van der Waals surface area contributed by atoms with Crippen LogP contribution in [0.4, 0.5) is 0 Å². The standard InChI is InChI=1S/C22H28Cl2N4O/c1-25-22(26-12-5-8-17-9-10-19(23)15-20(17)24)27-13-11-16-6-4-7-18(14-16)21(29)28(2)3/h4,6-7,9-10,14-15H,5,8,11-13H2,1-3H3,(H2,25,26,27). The van der Waals surface area contributed by atoms with E-state index >= 15 is 0 Å². The Balaban J connectivity index is 1.74. The van der Waals surface area contributed by atoms with Crippen LogP contribution in [0.15, 0.2) is 47.5 Å². The predicted molar refractivity (Wildman–Crippen MR) is 122 cm³/mol. The minimum atomic E-state index is 0.0121. The number of aryl methyl sites for hydroxylation is 1. The van der Waals surface area contributed by atoms with Crippen molar-refractivity contribution in [2.24, 2.45) is 4.99 Å². The van der Waals surface area contributed by atoms with Gasteiger partial charge in [-0.15, -0.1) is 0 Å². The summed E-state index contributed by atoms with van der Waals surface area (Å²) < 4.78 is 0. The number of nitrogens with one attached hydrogen (secondary N) is 2. The number of amides is 1. The van der Waals surface area contributed by atoms with Crippen molar-refractivity contribution in [1.29, 1.82) is 0 Å². The molecule has 156 valence electrons. The summed E-state index contributed by atoms with van der Waals surface area (Å²) in [4.78, 5) is 17.9. The van der Waals surface area contributed by atoms with Gasteiger partial charge in [0.2, 0.25) is 0 Å². The lowest BCUT2D eigenvalue weighted by atomic mass is 10.1. The van der Waals surface area contributed by atoms with Gasteiger partial charge in [-0.1, -0.05) is 41.4 Å². The van der Waals surface area contributed by atoms with Gasteiger partial charge in [0.15, 0.2) is 5.96 Å². The van der Waals surface area contributed by atoms with E-state index in [1.807, 2.05) is 36.4 Å².